The highest BCUT2D eigenvalue weighted by Gasteiger charge is 2.71. The molecular weight excluding hydrogens is 368 g/mol. The number of piperidine rings is 2. The third-order valence-corrected chi connectivity index (χ3v) is 8.81. The van der Waals surface area contributed by atoms with Crippen molar-refractivity contribution in [3.8, 4) is 11.5 Å². The summed E-state index contributed by atoms with van der Waals surface area (Å²) in [4.78, 5) is 18.3. The molecule has 152 valence electrons. The first-order valence-electron chi connectivity index (χ1n) is 10.8. The maximum Gasteiger partial charge on any atom is 0.229 e. The molecule has 3 saturated heterocycles. The van der Waals surface area contributed by atoms with Crippen molar-refractivity contribution in [2.75, 3.05) is 38.8 Å². The number of benzene rings is 1. The van der Waals surface area contributed by atoms with Crippen molar-refractivity contribution in [3.63, 3.8) is 0 Å². The van der Waals surface area contributed by atoms with E-state index in [-0.39, 0.29) is 23.5 Å². The highest BCUT2D eigenvalue weighted by atomic mass is 16.5. The number of ether oxygens (including phenoxy) is 3. The van der Waals surface area contributed by atoms with Gasteiger partial charge in [-0.25, -0.2) is 0 Å². The van der Waals surface area contributed by atoms with Crippen LogP contribution in [0.25, 0.3) is 0 Å². The molecule has 6 heteroatoms. The Bertz CT molecular complexity index is 974. The van der Waals surface area contributed by atoms with E-state index >= 15 is 0 Å². The van der Waals surface area contributed by atoms with Crippen LogP contribution in [0, 0.1) is 11.8 Å². The second-order valence-electron chi connectivity index (χ2n) is 9.48. The van der Waals surface area contributed by atoms with Gasteiger partial charge in [0.05, 0.1) is 45.1 Å². The van der Waals surface area contributed by atoms with Crippen LogP contribution in [0.3, 0.4) is 0 Å². The maximum atomic E-state index is 13.5. The van der Waals surface area contributed by atoms with Crippen LogP contribution in [0.4, 0.5) is 5.69 Å². The third-order valence-electron chi connectivity index (χ3n) is 8.81. The van der Waals surface area contributed by atoms with Crippen molar-refractivity contribution in [1.29, 1.82) is 0 Å². The van der Waals surface area contributed by atoms with Crippen molar-refractivity contribution in [1.82, 2.24) is 4.90 Å². The van der Waals surface area contributed by atoms with Gasteiger partial charge in [-0.1, -0.05) is 11.6 Å². The Hall–Kier alpha value is -2.05. The van der Waals surface area contributed by atoms with Crippen molar-refractivity contribution >= 4 is 11.6 Å². The molecule has 4 fully saturated rings. The van der Waals surface area contributed by atoms with Gasteiger partial charge >= 0.3 is 0 Å². The molecule has 6 aliphatic rings. The van der Waals surface area contributed by atoms with E-state index in [9.17, 15) is 4.79 Å². The second kappa shape index (κ2) is 5.35. The zero-order valence-corrected chi connectivity index (χ0v) is 16.9. The van der Waals surface area contributed by atoms with E-state index in [0.717, 1.165) is 30.9 Å². The number of rotatable bonds is 2. The predicted octanol–water partition coefficient (Wildman–Crippen LogP) is 2.11. The van der Waals surface area contributed by atoms with Gasteiger partial charge in [-0.15, -0.1) is 0 Å². The van der Waals surface area contributed by atoms with Crippen LogP contribution < -0.4 is 14.4 Å². The molecule has 2 unspecified atom stereocenters. The van der Waals surface area contributed by atoms with E-state index in [1.165, 1.54) is 12.0 Å². The lowest BCUT2D eigenvalue weighted by Crippen LogP contribution is -2.69. The normalized spacial score (nSPS) is 41.0. The monoisotopic (exact) mass is 394 g/mol. The summed E-state index contributed by atoms with van der Waals surface area (Å²) in [7, 11) is 3.36. The fourth-order valence-corrected chi connectivity index (χ4v) is 7.87. The summed E-state index contributed by atoms with van der Waals surface area (Å²) in [5.41, 5.74) is 3.85. The van der Waals surface area contributed by atoms with Gasteiger partial charge in [0.1, 0.15) is 0 Å². The molecule has 6 nitrogen and oxygen atoms in total. The number of fused-ring (bicyclic) bond motifs is 2. The van der Waals surface area contributed by atoms with E-state index in [2.05, 4.69) is 21.9 Å². The Balaban J connectivity index is 1.52. The molecule has 7 rings (SSSR count). The highest BCUT2D eigenvalue weighted by Crippen LogP contribution is 2.66. The Kier molecular flexibility index (Phi) is 3.08. The summed E-state index contributed by atoms with van der Waals surface area (Å²) >= 11 is 0. The largest absolute Gasteiger partial charge is 0.493 e. The minimum absolute atomic E-state index is 0.0242. The minimum Gasteiger partial charge on any atom is -0.493 e. The zero-order valence-electron chi connectivity index (χ0n) is 16.9. The number of hydrogen-bond donors (Lipinski definition) is 0. The molecule has 0 radical (unpaired) electrons. The summed E-state index contributed by atoms with van der Waals surface area (Å²) < 4.78 is 17.6. The number of hydrogen-bond acceptors (Lipinski definition) is 5. The summed E-state index contributed by atoms with van der Waals surface area (Å²) in [5, 5.41) is 0. The van der Waals surface area contributed by atoms with Crippen LogP contribution in [-0.4, -0.2) is 62.9 Å². The zero-order chi connectivity index (χ0) is 19.5. The first-order valence-corrected chi connectivity index (χ1v) is 10.8. The van der Waals surface area contributed by atoms with E-state index < -0.39 is 0 Å². The van der Waals surface area contributed by atoms with Crippen LogP contribution in [0.5, 0.6) is 11.5 Å². The maximum absolute atomic E-state index is 13.5. The van der Waals surface area contributed by atoms with Gasteiger partial charge < -0.3 is 19.1 Å². The smallest absolute Gasteiger partial charge is 0.229 e. The molecule has 6 atom stereocenters. The first-order chi connectivity index (χ1) is 14.2. The quantitative estimate of drug-likeness (QED) is 0.719. The summed E-state index contributed by atoms with van der Waals surface area (Å²) in [6.07, 6.45) is 5.11. The number of amides is 1. The molecule has 1 aromatic carbocycles. The minimum atomic E-state index is -0.0242. The fourth-order valence-electron chi connectivity index (χ4n) is 7.87. The highest BCUT2D eigenvalue weighted by molar-refractivity contribution is 5.99. The molecule has 5 heterocycles. The standard InChI is InChI=1S/C23H26N2O4/c1-27-16-8-14-15(9-17(16)28-2)25-20(26)10-18-21-13-7-19-23(14,22(21)25)4-5-24(19)11-12(13)3-6-29-18/h3,8-9,13,18-19,21-22H,4-7,10-11H2,1-2H3/t13?,18-,19-,21-,22-,23?/m0/s1. The van der Waals surface area contributed by atoms with Gasteiger partial charge in [0, 0.05) is 30.0 Å². The lowest BCUT2D eigenvalue weighted by atomic mass is 9.53. The number of carbonyl (C=O) groups excluding carboxylic acids is 1. The van der Waals surface area contributed by atoms with Gasteiger partial charge in [0.15, 0.2) is 11.5 Å². The number of anilines is 1. The molecule has 0 N–H and O–H groups in total. The molecule has 2 bridgehead atoms. The topological polar surface area (TPSA) is 51.2 Å². The number of methoxy groups -OCH3 is 2. The van der Waals surface area contributed by atoms with E-state index in [4.69, 9.17) is 14.2 Å². The van der Waals surface area contributed by atoms with Crippen LogP contribution in [0.15, 0.2) is 23.8 Å². The Morgan fingerprint density at radius 2 is 2.03 bits per heavy atom. The lowest BCUT2D eigenvalue weighted by molar-refractivity contribution is -0.132. The van der Waals surface area contributed by atoms with Crippen molar-refractivity contribution in [2.45, 2.75) is 42.9 Å². The summed E-state index contributed by atoms with van der Waals surface area (Å²) in [6.45, 7) is 2.80. The molecule has 1 amide bonds. The van der Waals surface area contributed by atoms with Crippen LogP contribution >= 0.6 is 0 Å². The number of carbonyl (C=O) groups is 1. The molecule has 0 aromatic heterocycles. The third kappa shape index (κ3) is 1.76. The molecule has 1 aromatic rings. The van der Waals surface area contributed by atoms with Gasteiger partial charge in [-0.3, -0.25) is 9.69 Å². The molecule has 29 heavy (non-hydrogen) atoms. The number of nitrogens with zero attached hydrogens (tertiary/aromatic N) is 2. The van der Waals surface area contributed by atoms with E-state index in [1.807, 2.05) is 6.07 Å². The molecule has 1 spiro atoms. The lowest BCUT2D eigenvalue weighted by Gasteiger charge is -2.58. The van der Waals surface area contributed by atoms with Gasteiger partial charge in [0.2, 0.25) is 5.91 Å². The first kappa shape index (κ1) is 16.7. The van der Waals surface area contributed by atoms with Gasteiger partial charge in [-0.05, 0) is 36.9 Å². The average Bonchev–Trinajstić information content (AvgIpc) is 3.20. The molecule has 5 aliphatic heterocycles. The van der Waals surface area contributed by atoms with Crippen molar-refractivity contribution in [3.05, 3.63) is 29.3 Å². The van der Waals surface area contributed by atoms with Gasteiger partial charge in [0.25, 0.3) is 0 Å². The van der Waals surface area contributed by atoms with E-state index in [0.29, 0.717) is 36.7 Å². The summed E-state index contributed by atoms with van der Waals surface area (Å²) in [6, 6.07) is 4.87. The Morgan fingerprint density at radius 1 is 1.21 bits per heavy atom. The van der Waals surface area contributed by atoms with Gasteiger partial charge in [-0.2, -0.15) is 0 Å². The fraction of sp³-hybridized carbons (Fsp3) is 0.609. The Labute approximate surface area is 170 Å². The predicted molar refractivity (Wildman–Crippen MR) is 107 cm³/mol. The average molecular weight is 394 g/mol. The van der Waals surface area contributed by atoms with Crippen molar-refractivity contribution in [2.24, 2.45) is 11.8 Å². The summed E-state index contributed by atoms with van der Waals surface area (Å²) in [5.74, 6) is 2.57. The molecule has 1 aliphatic carbocycles. The molecule has 1 saturated carbocycles. The van der Waals surface area contributed by atoms with Crippen LogP contribution in [0.1, 0.15) is 24.8 Å². The van der Waals surface area contributed by atoms with E-state index in [1.54, 1.807) is 19.8 Å². The molecular formula is C23H26N2O4. The second-order valence-corrected chi connectivity index (χ2v) is 9.48. The Morgan fingerprint density at radius 3 is 2.86 bits per heavy atom. The van der Waals surface area contributed by atoms with Crippen LogP contribution in [0.2, 0.25) is 0 Å². The van der Waals surface area contributed by atoms with Crippen LogP contribution in [-0.2, 0) is 14.9 Å². The SMILES string of the molecule is COc1cc2c(cc1OC)C13CCN4CC5=CCO[C@H]6CC(=O)N2[C@H]1[C@H]6C5C[C@H]43. The van der Waals surface area contributed by atoms with Crippen molar-refractivity contribution < 1.29 is 19.0 Å².